The molecule has 0 radical (unpaired) electrons. The number of benzene rings is 2. The fraction of sp³-hybridized carbons (Fsp3) is 0.211. The van der Waals surface area contributed by atoms with Gasteiger partial charge in [0.1, 0.15) is 18.2 Å². The fourth-order valence-electron chi connectivity index (χ4n) is 2.76. The van der Waals surface area contributed by atoms with Gasteiger partial charge in [0.2, 0.25) is 5.16 Å². The zero-order valence-electron chi connectivity index (χ0n) is 15.4. The van der Waals surface area contributed by atoms with E-state index in [0.717, 1.165) is 12.1 Å². The number of hydrogen-bond donors (Lipinski definition) is 0. The molecule has 1 aromatic heterocycles. The Morgan fingerprint density at radius 2 is 1.93 bits per heavy atom. The summed E-state index contributed by atoms with van der Waals surface area (Å²) >= 11 is 7.28. The van der Waals surface area contributed by atoms with Crippen molar-refractivity contribution in [2.24, 2.45) is 0 Å². The third kappa shape index (κ3) is 4.49. The Balaban J connectivity index is 1.46. The molecule has 0 unspecified atom stereocenters. The van der Waals surface area contributed by atoms with E-state index in [-0.39, 0.29) is 24.9 Å². The molecule has 4 rings (SSSR count). The Kier molecular flexibility index (Phi) is 6.05. The lowest BCUT2D eigenvalue weighted by molar-refractivity contribution is -0.122. The van der Waals surface area contributed by atoms with Crippen LogP contribution in [0.3, 0.4) is 0 Å². The summed E-state index contributed by atoms with van der Waals surface area (Å²) in [7, 11) is 0. The van der Waals surface area contributed by atoms with E-state index in [1.165, 1.54) is 27.5 Å². The molecule has 1 aliphatic heterocycles. The molecule has 11 heteroatoms. The number of hydrogen-bond acceptors (Lipinski definition) is 6. The Labute approximate surface area is 179 Å². The fourth-order valence-corrected chi connectivity index (χ4v) is 3.76. The van der Waals surface area contributed by atoms with Gasteiger partial charge in [-0.1, -0.05) is 23.4 Å². The number of amides is 1. The van der Waals surface area contributed by atoms with Gasteiger partial charge in [0.25, 0.3) is 5.91 Å². The molecule has 1 amide bonds. The van der Waals surface area contributed by atoms with Crippen LogP contribution in [0.2, 0.25) is 5.02 Å². The standard InChI is InChI=1S/C19H15ClF2N4O3S/c20-12-1-4-14(5-2-12)28-11-18(27)25-7-8-30-19-24-23-17(26(19)25)10-29-16-6-3-13(21)9-15(16)22/h1-6,9H,7-8,10-11H2. The largest absolute Gasteiger partial charge is 0.484 e. The molecule has 0 fully saturated rings. The molecule has 0 atom stereocenters. The van der Waals surface area contributed by atoms with Crippen LogP contribution in [0.5, 0.6) is 11.5 Å². The van der Waals surface area contributed by atoms with E-state index in [4.69, 9.17) is 21.1 Å². The molecule has 7 nitrogen and oxygen atoms in total. The SMILES string of the molecule is O=C(COc1ccc(Cl)cc1)N1CCSc2nnc(COc3ccc(F)cc3F)n21. The minimum atomic E-state index is -0.827. The maximum Gasteiger partial charge on any atom is 0.279 e. The Morgan fingerprint density at radius 1 is 1.13 bits per heavy atom. The predicted molar refractivity (Wildman–Crippen MR) is 106 cm³/mol. The maximum absolute atomic E-state index is 13.8. The van der Waals surface area contributed by atoms with Gasteiger partial charge in [0, 0.05) is 16.8 Å². The van der Waals surface area contributed by atoms with Crippen LogP contribution < -0.4 is 14.5 Å². The summed E-state index contributed by atoms with van der Waals surface area (Å²) in [6.45, 7) is 0.0607. The van der Waals surface area contributed by atoms with Gasteiger partial charge in [0.15, 0.2) is 24.0 Å². The van der Waals surface area contributed by atoms with Crippen molar-refractivity contribution in [3.8, 4) is 11.5 Å². The number of nitrogens with zero attached hydrogens (tertiary/aromatic N) is 4. The molecule has 0 saturated carbocycles. The molecule has 1 aliphatic rings. The van der Waals surface area contributed by atoms with Crippen molar-refractivity contribution in [1.82, 2.24) is 14.9 Å². The van der Waals surface area contributed by atoms with Crippen molar-refractivity contribution in [3.63, 3.8) is 0 Å². The molecule has 30 heavy (non-hydrogen) atoms. The highest BCUT2D eigenvalue weighted by atomic mass is 35.5. The second kappa shape index (κ2) is 8.88. The van der Waals surface area contributed by atoms with Gasteiger partial charge < -0.3 is 9.47 Å². The second-order valence-electron chi connectivity index (χ2n) is 6.18. The lowest BCUT2D eigenvalue weighted by Gasteiger charge is -2.29. The molecule has 2 heterocycles. The van der Waals surface area contributed by atoms with Crippen molar-refractivity contribution in [3.05, 3.63) is 64.9 Å². The van der Waals surface area contributed by atoms with Crippen molar-refractivity contribution in [2.75, 3.05) is 23.9 Å². The summed E-state index contributed by atoms with van der Waals surface area (Å²) in [5.41, 5.74) is 0. The minimum absolute atomic E-state index is 0.124. The number of carbonyl (C=O) groups is 1. The zero-order chi connectivity index (χ0) is 21.1. The number of thioether (sulfide) groups is 1. The van der Waals surface area contributed by atoms with Gasteiger partial charge in [-0.15, -0.1) is 10.2 Å². The van der Waals surface area contributed by atoms with Gasteiger partial charge in [-0.25, -0.2) is 18.5 Å². The highest BCUT2D eigenvalue weighted by Gasteiger charge is 2.28. The first-order chi connectivity index (χ1) is 14.5. The van der Waals surface area contributed by atoms with Crippen molar-refractivity contribution < 1.29 is 23.0 Å². The highest BCUT2D eigenvalue weighted by molar-refractivity contribution is 7.99. The van der Waals surface area contributed by atoms with Crippen molar-refractivity contribution >= 4 is 29.3 Å². The van der Waals surface area contributed by atoms with E-state index >= 15 is 0 Å². The normalized spacial score (nSPS) is 13.1. The summed E-state index contributed by atoms with van der Waals surface area (Å²) in [6, 6.07) is 9.69. The number of halogens is 3. The highest BCUT2D eigenvalue weighted by Crippen LogP contribution is 2.24. The summed E-state index contributed by atoms with van der Waals surface area (Å²) in [4.78, 5) is 12.8. The van der Waals surface area contributed by atoms with Gasteiger partial charge >= 0.3 is 0 Å². The van der Waals surface area contributed by atoms with Crippen LogP contribution in [0.4, 0.5) is 8.78 Å². The van der Waals surface area contributed by atoms with E-state index in [2.05, 4.69) is 10.2 Å². The number of ether oxygens (including phenoxy) is 2. The third-order valence-corrected chi connectivity index (χ3v) is 5.32. The van der Waals surface area contributed by atoms with E-state index in [0.29, 0.717) is 34.1 Å². The molecular formula is C19H15ClF2N4O3S. The first kappa shape index (κ1) is 20.4. The average Bonchev–Trinajstić information content (AvgIpc) is 3.16. The smallest absolute Gasteiger partial charge is 0.279 e. The van der Waals surface area contributed by atoms with Crippen LogP contribution in [0, 0.1) is 11.6 Å². The number of rotatable bonds is 6. The number of carbonyl (C=O) groups excluding carboxylic acids is 1. The lowest BCUT2D eigenvalue weighted by atomic mass is 10.3. The van der Waals surface area contributed by atoms with Crippen LogP contribution in [-0.4, -0.2) is 39.7 Å². The summed E-state index contributed by atoms with van der Waals surface area (Å²) < 4.78 is 39.3. The first-order valence-electron chi connectivity index (χ1n) is 8.85. The van der Waals surface area contributed by atoms with E-state index in [1.54, 1.807) is 24.3 Å². The Hall–Kier alpha value is -2.85. The summed E-state index contributed by atoms with van der Waals surface area (Å²) in [6.07, 6.45) is 0. The lowest BCUT2D eigenvalue weighted by Crippen LogP contribution is -2.47. The zero-order valence-corrected chi connectivity index (χ0v) is 17.0. The maximum atomic E-state index is 13.8. The molecule has 0 spiro atoms. The number of aromatic nitrogens is 3. The predicted octanol–water partition coefficient (Wildman–Crippen LogP) is 3.44. The first-order valence-corrected chi connectivity index (χ1v) is 10.2. The molecule has 0 bridgehead atoms. The van der Waals surface area contributed by atoms with E-state index in [1.807, 2.05) is 0 Å². The Bertz CT molecular complexity index is 1060. The monoisotopic (exact) mass is 452 g/mol. The summed E-state index contributed by atoms with van der Waals surface area (Å²) in [5, 5.41) is 10.6. The van der Waals surface area contributed by atoms with Crippen molar-refractivity contribution in [2.45, 2.75) is 11.8 Å². The van der Waals surface area contributed by atoms with E-state index < -0.39 is 11.6 Å². The van der Waals surface area contributed by atoms with Crippen molar-refractivity contribution in [1.29, 1.82) is 0 Å². The average molecular weight is 453 g/mol. The van der Waals surface area contributed by atoms with Crippen LogP contribution in [0.15, 0.2) is 47.6 Å². The molecule has 0 saturated heterocycles. The minimum Gasteiger partial charge on any atom is -0.484 e. The van der Waals surface area contributed by atoms with Crippen LogP contribution >= 0.6 is 23.4 Å². The topological polar surface area (TPSA) is 69.5 Å². The van der Waals surface area contributed by atoms with Crippen LogP contribution in [-0.2, 0) is 11.4 Å². The van der Waals surface area contributed by atoms with Gasteiger partial charge in [-0.05, 0) is 36.4 Å². The summed E-state index contributed by atoms with van der Waals surface area (Å²) in [5.74, 6) is -0.500. The van der Waals surface area contributed by atoms with Crippen LogP contribution in [0.1, 0.15) is 5.82 Å². The molecular weight excluding hydrogens is 438 g/mol. The molecule has 0 N–H and O–H groups in total. The third-order valence-electron chi connectivity index (χ3n) is 4.17. The Morgan fingerprint density at radius 3 is 2.70 bits per heavy atom. The molecule has 2 aromatic carbocycles. The van der Waals surface area contributed by atoms with Gasteiger partial charge in [-0.2, -0.15) is 0 Å². The number of fused-ring (bicyclic) bond motifs is 1. The molecule has 3 aromatic rings. The molecule has 0 aliphatic carbocycles. The second-order valence-corrected chi connectivity index (χ2v) is 7.68. The van der Waals surface area contributed by atoms with E-state index in [9.17, 15) is 13.6 Å². The molecule has 156 valence electrons. The van der Waals surface area contributed by atoms with Gasteiger partial charge in [0.05, 0.1) is 6.54 Å². The van der Waals surface area contributed by atoms with Crippen LogP contribution in [0.25, 0.3) is 0 Å². The quantitative estimate of drug-likeness (QED) is 0.570. The van der Waals surface area contributed by atoms with Gasteiger partial charge in [-0.3, -0.25) is 4.79 Å².